The number of hydrogen-bond donors (Lipinski definition) is 2. The Hall–Kier alpha value is -2.63. The van der Waals surface area contributed by atoms with Gasteiger partial charge in [0.05, 0.1) is 24.2 Å². The number of aromatic nitrogens is 2. The van der Waals surface area contributed by atoms with Gasteiger partial charge in [-0.2, -0.15) is 5.10 Å². The molecule has 0 fully saturated rings. The standard InChI is InChI=1S/C23H28N2O3/c1-4-23(27,14-5-15-26)22-16-21(18-8-6-17(2)7-9-18)25(24-22)19-10-12-20(28-3)13-11-19/h6-13,16,26-27H,4-5,14-15H2,1-3H3. The van der Waals surface area contributed by atoms with Gasteiger partial charge < -0.3 is 14.9 Å². The zero-order valence-corrected chi connectivity index (χ0v) is 16.7. The van der Waals surface area contributed by atoms with Crippen LogP contribution in [0.1, 0.15) is 37.4 Å². The molecule has 2 aromatic carbocycles. The lowest BCUT2D eigenvalue weighted by Gasteiger charge is -2.24. The van der Waals surface area contributed by atoms with Crippen LogP contribution in [0.2, 0.25) is 0 Å². The number of nitrogens with zero attached hydrogens (tertiary/aromatic N) is 2. The fourth-order valence-corrected chi connectivity index (χ4v) is 3.32. The van der Waals surface area contributed by atoms with Crippen molar-refractivity contribution in [1.29, 1.82) is 0 Å². The maximum atomic E-state index is 11.2. The highest BCUT2D eigenvalue weighted by Crippen LogP contribution is 2.34. The Labute approximate surface area is 166 Å². The van der Waals surface area contributed by atoms with Crippen LogP contribution in [0.5, 0.6) is 5.75 Å². The smallest absolute Gasteiger partial charge is 0.119 e. The van der Waals surface area contributed by atoms with Gasteiger partial charge in [-0.15, -0.1) is 0 Å². The lowest BCUT2D eigenvalue weighted by molar-refractivity contribution is 0.0125. The van der Waals surface area contributed by atoms with E-state index in [2.05, 4.69) is 31.2 Å². The number of benzene rings is 2. The number of rotatable bonds is 8. The molecule has 1 aromatic heterocycles. The van der Waals surface area contributed by atoms with Gasteiger partial charge in [0.1, 0.15) is 11.4 Å². The molecule has 0 spiro atoms. The Kier molecular flexibility index (Phi) is 6.17. The maximum absolute atomic E-state index is 11.2. The van der Waals surface area contributed by atoms with E-state index in [4.69, 9.17) is 9.84 Å². The van der Waals surface area contributed by atoms with E-state index in [9.17, 15) is 10.2 Å². The molecule has 0 saturated heterocycles. The summed E-state index contributed by atoms with van der Waals surface area (Å²) in [6.07, 6.45) is 1.52. The van der Waals surface area contributed by atoms with Crippen molar-refractivity contribution in [2.24, 2.45) is 0 Å². The largest absolute Gasteiger partial charge is 0.497 e. The second-order valence-electron chi connectivity index (χ2n) is 7.10. The zero-order chi connectivity index (χ0) is 20.1. The van der Waals surface area contributed by atoms with Gasteiger partial charge >= 0.3 is 0 Å². The van der Waals surface area contributed by atoms with Gasteiger partial charge in [0.25, 0.3) is 0 Å². The number of aliphatic hydroxyl groups excluding tert-OH is 1. The monoisotopic (exact) mass is 380 g/mol. The molecule has 0 radical (unpaired) electrons. The lowest BCUT2D eigenvalue weighted by atomic mass is 9.90. The van der Waals surface area contributed by atoms with Crippen LogP contribution in [0, 0.1) is 6.92 Å². The molecule has 28 heavy (non-hydrogen) atoms. The molecule has 1 atom stereocenters. The third-order valence-electron chi connectivity index (χ3n) is 5.18. The molecule has 5 nitrogen and oxygen atoms in total. The number of methoxy groups -OCH3 is 1. The van der Waals surface area contributed by atoms with Crippen LogP contribution in [0.4, 0.5) is 0 Å². The van der Waals surface area contributed by atoms with Crippen LogP contribution in [-0.2, 0) is 5.60 Å². The highest BCUT2D eigenvalue weighted by Gasteiger charge is 2.31. The molecule has 0 aliphatic carbocycles. The molecule has 3 rings (SSSR count). The highest BCUT2D eigenvalue weighted by molar-refractivity contribution is 5.63. The van der Waals surface area contributed by atoms with Crippen molar-refractivity contribution in [1.82, 2.24) is 9.78 Å². The van der Waals surface area contributed by atoms with Gasteiger partial charge in [-0.05, 0) is 56.5 Å². The normalized spacial score (nSPS) is 13.3. The van der Waals surface area contributed by atoms with Crippen LogP contribution < -0.4 is 4.74 Å². The van der Waals surface area contributed by atoms with Crippen molar-refractivity contribution in [3.8, 4) is 22.7 Å². The molecular weight excluding hydrogens is 352 g/mol. The average molecular weight is 380 g/mol. The molecule has 1 heterocycles. The first-order valence-corrected chi connectivity index (χ1v) is 9.66. The van der Waals surface area contributed by atoms with Gasteiger partial charge in [-0.3, -0.25) is 0 Å². The Morgan fingerprint density at radius 3 is 2.32 bits per heavy atom. The second-order valence-corrected chi connectivity index (χ2v) is 7.10. The van der Waals surface area contributed by atoms with E-state index in [0.717, 1.165) is 22.7 Å². The Morgan fingerprint density at radius 2 is 1.75 bits per heavy atom. The van der Waals surface area contributed by atoms with Crippen molar-refractivity contribution in [2.75, 3.05) is 13.7 Å². The topological polar surface area (TPSA) is 67.5 Å². The summed E-state index contributed by atoms with van der Waals surface area (Å²) in [5, 5.41) is 25.2. The summed E-state index contributed by atoms with van der Waals surface area (Å²) in [6.45, 7) is 4.04. The third kappa shape index (κ3) is 4.11. The zero-order valence-electron chi connectivity index (χ0n) is 16.7. The molecule has 2 N–H and O–H groups in total. The lowest BCUT2D eigenvalue weighted by Crippen LogP contribution is -2.26. The van der Waals surface area contributed by atoms with E-state index in [1.807, 2.05) is 41.9 Å². The molecule has 0 bridgehead atoms. The van der Waals surface area contributed by atoms with Crippen molar-refractivity contribution in [2.45, 2.75) is 38.7 Å². The van der Waals surface area contributed by atoms with Crippen molar-refractivity contribution < 1.29 is 14.9 Å². The van der Waals surface area contributed by atoms with Crippen LogP contribution in [-0.4, -0.2) is 33.7 Å². The predicted molar refractivity (Wildman–Crippen MR) is 111 cm³/mol. The SMILES string of the molecule is CCC(O)(CCCO)c1cc(-c2ccc(C)cc2)n(-c2ccc(OC)cc2)n1. The minimum atomic E-state index is -1.07. The van der Waals surface area contributed by atoms with E-state index in [1.165, 1.54) is 5.56 Å². The fourth-order valence-electron chi connectivity index (χ4n) is 3.32. The van der Waals surface area contributed by atoms with Crippen molar-refractivity contribution >= 4 is 0 Å². The predicted octanol–water partition coefficient (Wildman–Crippen LogP) is 4.23. The molecule has 0 saturated carbocycles. The average Bonchev–Trinajstić information content (AvgIpc) is 3.18. The Morgan fingerprint density at radius 1 is 1.07 bits per heavy atom. The van der Waals surface area contributed by atoms with Crippen LogP contribution in [0.25, 0.3) is 16.9 Å². The Bertz CT molecular complexity index is 901. The molecule has 0 aliphatic rings. The molecule has 5 heteroatoms. The van der Waals surface area contributed by atoms with E-state index in [0.29, 0.717) is 25.0 Å². The molecule has 0 amide bonds. The molecule has 0 aliphatic heterocycles. The second kappa shape index (κ2) is 8.59. The summed E-state index contributed by atoms with van der Waals surface area (Å²) >= 11 is 0. The van der Waals surface area contributed by atoms with Crippen molar-refractivity contribution in [3.63, 3.8) is 0 Å². The highest BCUT2D eigenvalue weighted by atomic mass is 16.5. The first kappa shape index (κ1) is 20.1. The fraction of sp³-hybridized carbons (Fsp3) is 0.348. The first-order chi connectivity index (χ1) is 13.5. The maximum Gasteiger partial charge on any atom is 0.119 e. The van der Waals surface area contributed by atoms with Gasteiger partial charge in [-0.25, -0.2) is 4.68 Å². The summed E-state index contributed by atoms with van der Waals surface area (Å²) in [4.78, 5) is 0. The van der Waals surface area contributed by atoms with Gasteiger partial charge in [0.15, 0.2) is 0 Å². The van der Waals surface area contributed by atoms with Gasteiger partial charge in [0.2, 0.25) is 0 Å². The van der Waals surface area contributed by atoms with Crippen LogP contribution in [0.3, 0.4) is 0 Å². The molecule has 148 valence electrons. The summed E-state index contributed by atoms with van der Waals surface area (Å²) < 4.78 is 7.12. The minimum absolute atomic E-state index is 0.0479. The molecule has 1 unspecified atom stereocenters. The van der Waals surface area contributed by atoms with Crippen molar-refractivity contribution in [3.05, 3.63) is 65.9 Å². The number of ether oxygens (including phenoxy) is 1. The third-order valence-corrected chi connectivity index (χ3v) is 5.18. The van der Waals surface area contributed by atoms with Gasteiger partial charge in [0, 0.05) is 12.2 Å². The number of aryl methyl sites for hydroxylation is 1. The minimum Gasteiger partial charge on any atom is -0.497 e. The summed E-state index contributed by atoms with van der Waals surface area (Å²) in [6, 6.07) is 17.9. The summed E-state index contributed by atoms with van der Waals surface area (Å²) in [5.74, 6) is 0.779. The Balaban J connectivity index is 2.12. The number of hydrogen-bond acceptors (Lipinski definition) is 4. The van der Waals surface area contributed by atoms with E-state index in [-0.39, 0.29) is 6.61 Å². The van der Waals surface area contributed by atoms with E-state index < -0.39 is 5.60 Å². The van der Waals surface area contributed by atoms with E-state index >= 15 is 0 Å². The summed E-state index contributed by atoms with van der Waals surface area (Å²) in [5.41, 5.74) is 3.57. The van der Waals surface area contributed by atoms with Crippen LogP contribution >= 0.6 is 0 Å². The quantitative estimate of drug-likeness (QED) is 0.614. The summed E-state index contributed by atoms with van der Waals surface area (Å²) in [7, 11) is 1.64. The number of aliphatic hydroxyl groups is 2. The van der Waals surface area contributed by atoms with Crippen LogP contribution in [0.15, 0.2) is 54.6 Å². The van der Waals surface area contributed by atoms with Gasteiger partial charge in [-0.1, -0.05) is 36.8 Å². The molecular formula is C23H28N2O3. The van der Waals surface area contributed by atoms with E-state index in [1.54, 1.807) is 7.11 Å². The first-order valence-electron chi connectivity index (χ1n) is 9.66. The molecule has 3 aromatic rings.